The van der Waals surface area contributed by atoms with E-state index in [1.165, 1.54) is 0 Å². The van der Waals surface area contributed by atoms with E-state index in [2.05, 4.69) is 10.5 Å². The van der Waals surface area contributed by atoms with Crippen molar-refractivity contribution in [3.8, 4) is 0 Å². The van der Waals surface area contributed by atoms with Gasteiger partial charge in [-0.05, 0) is 6.92 Å². The molecule has 0 saturated carbocycles. The van der Waals surface area contributed by atoms with Crippen molar-refractivity contribution in [2.45, 2.75) is 20.0 Å². The molecule has 1 rings (SSSR count). The van der Waals surface area contributed by atoms with Crippen LogP contribution in [0.2, 0.25) is 0 Å². The minimum Gasteiger partial charge on any atom is -0.334 e. The van der Waals surface area contributed by atoms with Gasteiger partial charge < -0.3 is 9.77 Å². The first kappa shape index (κ1) is 7.24. The highest BCUT2D eigenvalue weighted by molar-refractivity contribution is 4.90. The lowest BCUT2D eigenvalue weighted by Crippen LogP contribution is -2.11. The van der Waals surface area contributed by atoms with Crippen molar-refractivity contribution in [3.63, 3.8) is 0 Å². The van der Waals surface area contributed by atoms with Gasteiger partial charge in [-0.2, -0.15) is 5.48 Å². The van der Waals surface area contributed by atoms with Crippen LogP contribution in [-0.2, 0) is 13.1 Å². The van der Waals surface area contributed by atoms with Crippen LogP contribution in [0.25, 0.3) is 0 Å². The third-order valence-corrected chi connectivity index (χ3v) is 1.38. The Morgan fingerprint density at radius 2 is 2.60 bits per heavy atom. The Kier molecular flexibility index (Phi) is 2.42. The Balaban J connectivity index is 2.70. The molecule has 1 aromatic heterocycles. The molecule has 4 nitrogen and oxygen atoms in total. The van der Waals surface area contributed by atoms with Crippen LogP contribution >= 0.6 is 0 Å². The topological polar surface area (TPSA) is 50.1 Å². The lowest BCUT2D eigenvalue weighted by molar-refractivity contribution is 0.157. The number of rotatable bonds is 3. The third-order valence-electron chi connectivity index (χ3n) is 1.38. The second-order valence-electron chi connectivity index (χ2n) is 1.96. The Morgan fingerprint density at radius 3 is 3.20 bits per heavy atom. The average molecular weight is 141 g/mol. The van der Waals surface area contributed by atoms with Gasteiger partial charge in [0.25, 0.3) is 0 Å². The zero-order valence-corrected chi connectivity index (χ0v) is 5.91. The van der Waals surface area contributed by atoms with Crippen LogP contribution in [0.3, 0.4) is 0 Å². The summed E-state index contributed by atoms with van der Waals surface area (Å²) in [5.74, 6) is 0.852. The van der Waals surface area contributed by atoms with E-state index in [0.717, 1.165) is 12.4 Å². The highest BCUT2D eigenvalue weighted by Crippen LogP contribution is 1.95. The van der Waals surface area contributed by atoms with Gasteiger partial charge in [-0.3, -0.25) is 0 Å². The Bertz CT molecular complexity index is 197. The van der Waals surface area contributed by atoms with Crippen molar-refractivity contribution >= 4 is 0 Å². The molecule has 56 valence electrons. The molecule has 0 radical (unpaired) electrons. The van der Waals surface area contributed by atoms with Crippen molar-refractivity contribution in [1.82, 2.24) is 15.0 Å². The fourth-order valence-corrected chi connectivity index (χ4v) is 0.866. The zero-order valence-electron chi connectivity index (χ0n) is 5.91. The molecule has 0 saturated heterocycles. The number of nitrogens with zero attached hydrogens (tertiary/aromatic N) is 2. The van der Waals surface area contributed by atoms with Gasteiger partial charge in [0.1, 0.15) is 5.82 Å². The van der Waals surface area contributed by atoms with E-state index in [1.807, 2.05) is 17.7 Å². The summed E-state index contributed by atoms with van der Waals surface area (Å²) in [4.78, 5) is 4.02. The van der Waals surface area contributed by atoms with Crippen LogP contribution < -0.4 is 5.48 Å². The minimum absolute atomic E-state index is 0.404. The van der Waals surface area contributed by atoms with Gasteiger partial charge in [-0.1, -0.05) is 0 Å². The van der Waals surface area contributed by atoms with Gasteiger partial charge in [0.05, 0.1) is 6.54 Å². The second kappa shape index (κ2) is 3.34. The molecule has 1 heterocycles. The fourth-order valence-electron chi connectivity index (χ4n) is 0.866. The maximum Gasteiger partial charge on any atom is 0.125 e. The monoisotopic (exact) mass is 141 g/mol. The Hall–Kier alpha value is -0.870. The number of hydrogen-bond donors (Lipinski definition) is 2. The first-order valence-electron chi connectivity index (χ1n) is 3.25. The highest BCUT2D eigenvalue weighted by Gasteiger charge is 1.97. The number of nitrogens with one attached hydrogen (secondary N) is 1. The van der Waals surface area contributed by atoms with Crippen molar-refractivity contribution in [3.05, 3.63) is 18.2 Å². The van der Waals surface area contributed by atoms with E-state index >= 15 is 0 Å². The summed E-state index contributed by atoms with van der Waals surface area (Å²) >= 11 is 0. The second-order valence-corrected chi connectivity index (χ2v) is 1.96. The average Bonchev–Trinajstić information content (AvgIpc) is 2.36. The predicted molar refractivity (Wildman–Crippen MR) is 36.5 cm³/mol. The molecule has 0 aliphatic carbocycles. The molecule has 0 aliphatic rings. The summed E-state index contributed by atoms with van der Waals surface area (Å²) in [6.07, 6.45) is 3.60. The highest BCUT2D eigenvalue weighted by atomic mass is 16.5. The lowest BCUT2D eigenvalue weighted by Gasteiger charge is -2.01. The number of aryl methyl sites for hydroxylation is 1. The molecule has 2 N–H and O–H groups in total. The standard InChI is InChI=1S/C6H11N3O/c1-2-9-4-3-7-6(9)5-8-10/h3-4,8,10H,2,5H2,1H3. The third kappa shape index (κ3) is 1.34. The van der Waals surface area contributed by atoms with E-state index in [0.29, 0.717) is 6.54 Å². The Morgan fingerprint density at radius 1 is 1.80 bits per heavy atom. The smallest absolute Gasteiger partial charge is 0.125 e. The van der Waals surface area contributed by atoms with E-state index in [9.17, 15) is 0 Å². The quantitative estimate of drug-likeness (QED) is 0.598. The molecule has 0 unspecified atom stereocenters. The molecule has 0 spiro atoms. The molecule has 0 aromatic carbocycles. The van der Waals surface area contributed by atoms with Gasteiger partial charge in [0.15, 0.2) is 0 Å². The summed E-state index contributed by atoms with van der Waals surface area (Å²) in [5.41, 5.74) is 2.06. The molecule has 0 fully saturated rings. The van der Waals surface area contributed by atoms with Crippen molar-refractivity contribution in [2.75, 3.05) is 0 Å². The molecular weight excluding hydrogens is 130 g/mol. The summed E-state index contributed by atoms with van der Waals surface area (Å²) in [7, 11) is 0. The van der Waals surface area contributed by atoms with Crippen LogP contribution in [0.1, 0.15) is 12.7 Å². The molecule has 0 aliphatic heterocycles. The van der Waals surface area contributed by atoms with Crippen LogP contribution in [0.5, 0.6) is 0 Å². The maximum absolute atomic E-state index is 8.35. The lowest BCUT2D eigenvalue weighted by atomic mass is 10.6. The van der Waals surface area contributed by atoms with Crippen LogP contribution in [0, 0.1) is 0 Å². The molecule has 0 bridgehead atoms. The van der Waals surface area contributed by atoms with E-state index in [4.69, 9.17) is 5.21 Å². The van der Waals surface area contributed by atoms with Crippen molar-refractivity contribution < 1.29 is 5.21 Å². The van der Waals surface area contributed by atoms with E-state index < -0.39 is 0 Å². The van der Waals surface area contributed by atoms with Crippen LogP contribution in [-0.4, -0.2) is 14.8 Å². The summed E-state index contributed by atoms with van der Waals surface area (Å²) in [6, 6.07) is 0. The van der Waals surface area contributed by atoms with Gasteiger partial charge in [-0.15, -0.1) is 0 Å². The van der Waals surface area contributed by atoms with Gasteiger partial charge >= 0.3 is 0 Å². The van der Waals surface area contributed by atoms with Crippen LogP contribution in [0.4, 0.5) is 0 Å². The summed E-state index contributed by atoms with van der Waals surface area (Å²) in [6.45, 7) is 3.32. The molecular formula is C6H11N3O. The summed E-state index contributed by atoms with van der Waals surface area (Å²) in [5, 5.41) is 8.35. The first-order valence-corrected chi connectivity index (χ1v) is 3.25. The number of imidazole rings is 1. The zero-order chi connectivity index (χ0) is 7.40. The predicted octanol–water partition coefficient (Wildman–Crippen LogP) is 0.382. The van der Waals surface area contributed by atoms with E-state index in [1.54, 1.807) is 6.20 Å². The van der Waals surface area contributed by atoms with Gasteiger partial charge in [-0.25, -0.2) is 4.98 Å². The molecule has 4 heteroatoms. The van der Waals surface area contributed by atoms with Crippen molar-refractivity contribution in [2.24, 2.45) is 0 Å². The van der Waals surface area contributed by atoms with Gasteiger partial charge in [0.2, 0.25) is 0 Å². The number of aromatic nitrogens is 2. The Labute approximate surface area is 59.5 Å². The molecule has 0 atom stereocenters. The molecule has 0 amide bonds. The fraction of sp³-hybridized carbons (Fsp3) is 0.500. The normalized spacial score (nSPS) is 10.2. The maximum atomic E-state index is 8.35. The van der Waals surface area contributed by atoms with E-state index in [-0.39, 0.29) is 0 Å². The number of hydrogen-bond acceptors (Lipinski definition) is 3. The van der Waals surface area contributed by atoms with Gasteiger partial charge in [0, 0.05) is 18.9 Å². The van der Waals surface area contributed by atoms with Crippen LogP contribution in [0.15, 0.2) is 12.4 Å². The van der Waals surface area contributed by atoms with Crippen molar-refractivity contribution in [1.29, 1.82) is 0 Å². The summed E-state index contributed by atoms with van der Waals surface area (Å²) < 4.78 is 1.96. The largest absolute Gasteiger partial charge is 0.334 e. The SMILES string of the molecule is CCn1ccnc1CNO. The minimum atomic E-state index is 0.404. The molecule has 10 heavy (non-hydrogen) atoms. The first-order chi connectivity index (χ1) is 4.88. The number of hydroxylamine groups is 1. The molecule has 1 aromatic rings.